The molecule has 0 amide bonds. The van der Waals surface area contributed by atoms with Gasteiger partial charge in [-0.25, -0.2) is 4.98 Å². The third kappa shape index (κ3) is 3.76. The highest BCUT2D eigenvalue weighted by Gasteiger charge is 2.20. The van der Waals surface area contributed by atoms with Gasteiger partial charge in [-0.1, -0.05) is 5.16 Å². The number of thiophene rings is 1. The zero-order valence-corrected chi connectivity index (χ0v) is 16.9. The number of aryl methyl sites for hydroxylation is 1. The number of rotatable bonds is 5. The molecule has 9 heteroatoms. The summed E-state index contributed by atoms with van der Waals surface area (Å²) in [6, 6.07) is 5.65. The predicted octanol–water partition coefficient (Wildman–Crippen LogP) is 2.86. The second-order valence-corrected chi connectivity index (χ2v) is 8.16. The summed E-state index contributed by atoms with van der Waals surface area (Å²) < 4.78 is 10.6. The Kier molecular flexibility index (Phi) is 4.78. The van der Waals surface area contributed by atoms with E-state index in [0.717, 1.165) is 54.6 Å². The summed E-state index contributed by atoms with van der Waals surface area (Å²) in [6.07, 6.45) is 1.61. The van der Waals surface area contributed by atoms with Gasteiger partial charge in [-0.15, -0.1) is 11.3 Å². The fraction of sp³-hybridized carbons (Fsp3) is 0.350. The van der Waals surface area contributed by atoms with Crippen LogP contribution in [0.15, 0.2) is 43.6 Å². The Hall–Kier alpha value is -2.75. The second-order valence-electron chi connectivity index (χ2n) is 7.30. The van der Waals surface area contributed by atoms with Crippen LogP contribution < -0.4 is 5.56 Å². The maximum atomic E-state index is 12.7. The van der Waals surface area contributed by atoms with Gasteiger partial charge in [-0.05, 0) is 19.1 Å². The first kappa shape index (κ1) is 18.3. The molecule has 29 heavy (non-hydrogen) atoms. The van der Waals surface area contributed by atoms with Crippen molar-refractivity contribution in [3.63, 3.8) is 0 Å². The topological polar surface area (TPSA) is 91.4 Å². The lowest BCUT2D eigenvalue weighted by Crippen LogP contribution is -2.45. The molecule has 0 unspecified atom stereocenters. The van der Waals surface area contributed by atoms with Crippen molar-refractivity contribution in [3.8, 4) is 11.3 Å². The van der Waals surface area contributed by atoms with Gasteiger partial charge in [0, 0.05) is 49.7 Å². The van der Waals surface area contributed by atoms with Crippen molar-refractivity contribution in [1.82, 2.24) is 24.9 Å². The lowest BCUT2D eigenvalue weighted by atomic mass is 10.2. The Morgan fingerprint density at radius 2 is 2.00 bits per heavy atom. The number of hydrogen-bond donors (Lipinski definition) is 1. The third-order valence-corrected chi connectivity index (χ3v) is 6.05. The molecule has 150 valence electrons. The van der Waals surface area contributed by atoms with E-state index in [-0.39, 0.29) is 5.56 Å². The number of nitrogens with zero attached hydrogens (tertiary/aromatic N) is 4. The monoisotopic (exact) mass is 411 g/mol. The van der Waals surface area contributed by atoms with Gasteiger partial charge < -0.3 is 13.9 Å². The highest BCUT2D eigenvalue weighted by Crippen LogP contribution is 2.30. The number of nitrogens with one attached hydrogen (secondary N) is 1. The molecule has 0 saturated carbocycles. The first-order valence-electron chi connectivity index (χ1n) is 9.57. The summed E-state index contributed by atoms with van der Waals surface area (Å²) in [5.41, 5.74) is 1.65. The molecule has 8 nitrogen and oxygen atoms in total. The first-order chi connectivity index (χ1) is 14.2. The molecule has 0 aromatic carbocycles. The summed E-state index contributed by atoms with van der Waals surface area (Å²) in [5, 5.41) is 6.60. The molecule has 1 aliphatic rings. The van der Waals surface area contributed by atoms with E-state index in [1.807, 2.05) is 30.5 Å². The average molecular weight is 411 g/mol. The van der Waals surface area contributed by atoms with Gasteiger partial charge in [0.05, 0.1) is 23.9 Å². The molecule has 4 aromatic rings. The van der Waals surface area contributed by atoms with Crippen LogP contribution in [0.4, 0.5) is 0 Å². The van der Waals surface area contributed by atoms with E-state index in [4.69, 9.17) is 13.9 Å². The lowest BCUT2D eigenvalue weighted by Gasteiger charge is -2.33. The molecule has 1 fully saturated rings. The Morgan fingerprint density at radius 3 is 2.69 bits per heavy atom. The molecule has 1 N–H and O–H groups in total. The van der Waals surface area contributed by atoms with Crippen molar-refractivity contribution in [2.45, 2.75) is 20.0 Å². The number of furan rings is 1. The zero-order chi connectivity index (χ0) is 19.8. The fourth-order valence-electron chi connectivity index (χ4n) is 3.72. The van der Waals surface area contributed by atoms with Crippen molar-refractivity contribution < 1.29 is 8.94 Å². The number of piperazine rings is 1. The van der Waals surface area contributed by atoms with Crippen LogP contribution in [0.25, 0.3) is 21.5 Å². The molecule has 0 spiro atoms. The smallest absolute Gasteiger partial charge is 0.260 e. The molecule has 5 rings (SSSR count). The molecule has 0 atom stereocenters. The van der Waals surface area contributed by atoms with Crippen molar-refractivity contribution in [3.05, 3.63) is 57.5 Å². The van der Waals surface area contributed by atoms with E-state index in [2.05, 4.69) is 19.9 Å². The summed E-state index contributed by atoms with van der Waals surface area (Å²) in [6.45, 7) is 7.07. The highest BCUT2D eigenvalue weighted by molar-refractivity contribution is 7.17. The van der Waals surface area contributed by atoms with Gasteiger partial charge >= 0.3 is 0 Å². The lowest BCUT2D eigenvalue weighted by molar-refractivity contribution is 0.118. The molecular weight excluding hydrogens is 390 g/mol. The van der Waals surface area contributed by atoms with Crippen molar-refractivity contribution in [2.24, 2.45) is 0 Å². The van der Waals surface area contributed by atoms with Crippen LogP contribution in [0.5, 0.6) is 0 Å². The van der Waals surface area contributed by atoms with Gasteiger partial charge in [0.15, 0.2) is 0 Å². The minimum atomic E-state index is -0.113. The van der Waals surface area contributed by atoms with Gasteiger partial charge in [-0.3, -0.25) is 14.6 Å². The Balaban J connectivity index is 1.26. The predicted molar refractivity (Wildman–Crippen MR) is 110 cm³/mol. The van der Waals surface area contributed by atoms with E-state index < -0.39 is 0 Å². The van der Waals surface area contributed by atoms with E-state index in [9.17, 15) is 4.79 Å². The van der Waals surface area contributed by atoms with Gasteiger partial charge in [0.25, 0.3) is 5.56 Å². The zero-order valence-electron chi connectivity index (χ0n) is 16.1. The van der Waals surface area contributed by atoms with Crippen LogP contribution in [-0.2, 0) is 13.1 Å². The number of aromatic nitrogens is 3. The van der Waals surface area contributed by atoms with Crippen molar-refractivity contribution in [2.75, 3.05) is 26.2 Å². The Bertz CT molecular complexity index is 1170. The van der Waals surface area contributed by atoms with E-state index in [1.54, 1.807) is 6.26 Å². The fourth-order valence-corrected chi connectivity index (χ4v) is 4.67. The molecule has 4 aromatic heterocycles. The SMILES string of the molecule is Cc1cc(CN2CCN(Cc3nc4scc(-c5ccco5)c4c(=O)[nH]3)CC2)no1. The Morgan fingerprint density at radius 1 is 1.21 bits per heavy atom. The summed E-state index contributed by atoms with van der Waals surface area (Å²) in [5.74, 6) is 2.23. The van der Waals surface area contributed by atoms with Crippen LogP contribution in [0, 0.1) is 6.92 Å². The third-order valence-electron chi connectivity index (χ3n) is 5.18. The van der Waals surface area contributed by atoms with Crippen molar-refractivity contribution in [1.29, 1.82) is 0 Å². The van der Waals surface area contributed by atoms with Crippen LogP contribution >= 0.6 is 11.3 Å². The molecule has 5 heterocycles. The molecule has 1 aliphatic heterocycles. The number of aromatic amines is 1. The first-order valence-corrected chi connectivity index (χ1v) is 10.4. The summed E-state index contributed by atoms with van der Waals surface area (Å²) in [4.78, 5) is 25.8. The van der Waals surface area contributed by atoms with E-state index in [0.29, 0.717) is 23.5 Å². The average Bonchev–Trinajstić information content (AvgIpc) is 3.44. The van der Waals surface area contributed by atoms with Crippen LogP contribution in [0.1, 0.15) is 17.3 Å². The van der Waals surface area contributed by atoms with Crippen LogP contribution in [0.2, 0.25) is 0 Å². The quantitative estimate of drug-likeness (QED) is 0.540. The second kappa shape index (κ2) is 7.58. The molecular formula is C20H21N5O3S. The standard InChI is InChI=1S/C20H21N5O3S/c1-13-9-14(23-28-13)10-24-4-6-25(7-5-24)11-17-21-19(26)18-15(12-29-20(18)22-17)16-3-2-8-27-16/h2-3,8-9,12H,4-7,10-11H2,1H3,(H,21,22,26). The van der Waals surface area contributed by atoms with E-state index in [1.165, 1.54) is 11.3 Å². The number of fused-ring (bicyclic) bond motifs is 1. The minimum absolute atomic E-state index is 0.113. The molecule has 0 radical (unpaired) electrons. The molecule has 1 saturated heterocycles. The maximum Gasteiger partial charge on any atom is 0.260 e. The maximum absolute atomic E-state index is 12.7. The summed E-state index contributed by atoms with van der Waals surface area (Å²) >= 11 is 1.47. The highest BCUT2D eigenvalue weighted by atomic mass is 32.1. The van der Waals surface area contributed by atoms with Crippen LogP contribution in [0.3, 0.4) is 0 Å². The molecule has 0 bridgehead atoms. The number of hydrogen-bond acceptors (Lipinski definition) is 8. The van der Waals surface area contributed by atoms with Gasteiger partial charge in [0.1, 0.15) is 22.2 Å². The molecule has 0 aliphatic carbocycles. The van der Waals surface area contributed by atoms with Crippen LogP contribution in [-0.4, -0.2) is 51.1 Å². The minimum Gasteiger partial charge on any atom is -0.464 e. The summed E-state index contributed by atoms with van der Waals surface area (Å²) in [7, 11) is 0. The Labute approximate surface area is 170 Å². The normalized spacial score (nSPS) is 16.0. The van der Waals surface area contributed by atoms with Gasteiger partial charge in [0.2, 0.25) is 0 Å². The largest absolute Gasteiger partial charge is 0.464 e. The van der Waals surface area contributed by atoms with Gasteiger partial charge in [-0.2, -0.15) is 0 Å². The van der Waals surface area contributed by atoms with E-state index >= 15 is 0 Å². The number of H-pyrrole nitrogens is 1. The van der Waals surface area contributed by atoms with Crippen molar-refractivity contribution >= 4 is 21.6 Å².